The van der Waals surface area contributed by atoms with E-state index in [1.807, 2.05) is 12.1 Å². The lowest BCUT2D eigenvalue weighted by molar-refractivity contribution is 0.102. The van der Waals surface area contributed by atoms with Crippen molar-refractivity contribution in [1.82, 2.24) is 0 Å². The fourth-order valence-electron chi connectivity index (χ4n) is 4.90. The van der Waals surface area contributed by atoms with Crippen LogP contribution in [-0.2, 0) is 0 Å². The maximum absolute atomic E-state index is 12.5. The van der Waals surface area contributed by atoms with Gasteiger partial charge in [-0.2, -0.15) is 0 Å². The third-order valence-corrected chi connectivity index (χ3v) is 6.72. The smallest absolute Gasteiger partial charge is 0.255 e. The summed E-state index contributed by atoms with van der Waals surface area (Å²) in [6, 6.07) is 30.6. The minimum absolute atomic E-state index is 0.169. The number of hydrogen-bond acceptors (Lipinski definition) is 2. The predicted octanol–water partition coefficient (Wildman–Crippen LogP) is 6.73. The molecule has 0 spiro atoms. The van der Waals surface area contributed by atoms with Crippen molar-refractivity contribution in [3.63, 3.8) is 0 Å². The highest BCUT2D eigenvalue weighted by Crippen LogP contribution is 2.46. The van der Waals surface area contributed by atoms with E-state index in [2.05, 4.69) is 59.9 Å². The second-order valence-electron chi connectivity index (χ2n) is 8.64. The first-order valence-electron chi connectivity index (χ1n) is 11.0. The van der Waals surface area contributed by atoms with Gasteiger partial charge in [-0.05, 0) is 76.9 Å². The van der Waals surface area contributed by atoms with E-state index in [4.69, 9.17) is 17.3 Å². The van der Waals surface area contributed by atoms with Crippen LogP contribution in [0.25, 0.3) is 10.8 Å². The highest BCUT2D eigenvalue weighted by atomic mass is 35.5. The first-order valence-corrected chi connectivity index (χ1v) is 11.4. The molecule has 1 aliphatic carbocycles. The summed E-state index contributed by atoms with van der Waals surface area (Å²) in [6.45, 7) is 0. The van der Waals surface area contributed by atoms with Crippen molar-refractivity contribution in [1.29, 1.82) is 0 Å². The molecule has 32 heavy (non-hydrogen) atoms. The number of hydrogen-bond donors (Lipinski definition) is 2. The van der Waals surface area contributed by atoms with E-state index in [-0.39, 0.29) is 11.9 Å². The highest BCUT2D eigenvalue weighted by molar-refractivity contribution is 6.31. The van der Waals surface area contributed by atoms with Crippen LogP contribution in [-0.4, -0.2) is 11.9 Å². The van der Waals surface area contributed by atoms with Crippen molar-refractivity contribution in [2.24, 2.45) is 5.73 Å². The molecule has 5 rings (SSSR count). The van der Waals surface area contributed by atoms with Crippen LogP contribution in [0.1, 0.15) is 46.2 Å². The van der Waals surface area contributed by atoms with Crippen LogP contribution in [0.2, 0.25) is 5.02 Å². The Morgan fingerprint density at radius 1 is 0.781 bits per heavy atom. The monoisotopic (exact) mass is 440 g/mol. The Morgan fingerprint density at radius 2 is 1.47 bits per heavy atom. The van der Waals surface area contributed by atoms with Gasteiger partial charge in [0.05, 0.1) is 0 Å². The number of amides is 1. The Morgan fingerprint density at radius 3 is 2.22 bits per heavy atom. The SMILES string of the molecule is NC1CC(c2ccc3ccccc3c2)[C@H](c2ccc(NC(=O)c3cccc(Cl)c3)cc2)C1. The lowest BCUT2D eigenvalue weighted by atomic mass is 9.83. The van der Waals surface area contributed by atoms with Crippen LogP contribution in [0.3, 0.4) is 0 Å². The second-order valence-corrected chi connectivity index (χ2v) is 9.07. The van der Waals surface area contributed by atoms with Crippen molar-refractivity contribution in [3.8, 4) is 0 Å². The molecule has 4 aromatic carbocycles. The normalized spacial score (nSPS) is 20.4. The Hall–Kier alpha value is -3.14. The fourth-order valence-corrected chi connectivity index (χ4v) is 5.09. The summed E-state index contributed by atoms with van der Waals surface area (Å²) in [7, 11) is 0. The van der Waals surface area contributed by atoms with Gasteiger partial charge in [-0.1, -0.05) is 72.3 Å². The molecule has 3 N–H and O–H groups in total. The summed E-state index contributed by atoms with van der Waals surface area (Å²) in [5.74, 6) is 0.586. The molecule has 0 saturated heterocycles. The van der Waals surface area contributed by atoms with E-state index in [1.165, 1.54) is 21.9 Å². The lowest BCUT2D eigenvalue weighted by Crippen LogP contribution is -2.14. The van der Waals surface area contributed by atoms with Crippen LogP contribution in [0.4, 0.5) is 5.69 Å². The number of halogens is 1. The van der Waals surface area contributed by atoms with Crippen LogP contribution < -0.4 is 11.1 Å². The molecule has 0 heterocycles. The van der Waals surface area contributed by atoms with Gasteiger partial charge in [0, 0.05) is 22.3 Å². The summed E-state index contributed by atoms with van der Waals surface area (Å²) in [4.78, 5) is 12.5. The lowest BCUT2D eigenvalue weighted by Gasteiger charge is -2.21. The molecule has 0 radical (unpaired) electrons. The molecule has 4 aromatic rings. The van der Waals surface area contributed by atoms with Crippen LogP contribution in [0.5, 0.6) is 0 Å². The first-order chi connectivity index (χ1) is 15.6. The maximum Gasteiger partial charge on any atom is 0.255 e. The average molecular weight is 441 g/mol. The third kappa shape index (κ3) is 4.27. The van der Waals surface area contributed by atoms with E-state index < -0.39 is 0 Å². The van der Waals surface area contributed by atoms with E-state index in [0.29, 0.717) is 22.4 Å². The van der Waals surface area contributed by atoms with Crippen molar-refractivity contribution in [2.45, 2.75) is 30.7 Å². The van der Waals surface area contributed by atoms with Gasteiger partial charge in [0.2, 0.25) is 0 Å². The summed E-state index contributed by atoms with van der Waals surface area (Å²) in [6.07, 6.45) is 1.95. The predicted molar refractivity (Wildman–Crippen MR) is 132 cm³/mol. The number of anilines is 1. The van der Waals surface area contributed by atoms with Crippen LogP contribution >= 0.6 is 11.6 Å². The molecule has 2 unspecified atom stereocenters. The first kappa shape index (κ1) is 20.7. The molecule has 1 saturated carbocycles. The molecule has 4 heteroatoms. The highest BCUT2D eigenvalue weighted by Gasteiger charge is 2.34. The van der Waals surface area contributed by atoms with Crippen molar-refractivity contribution >= 4 is 34.0 Å². The maximum atomic E-state index is 12.5. The molecule has 1 amide bonds. The van der Waals surface area contributed by atoms with Gasteiger partial charge in [0.1, 0.15) is 0 Å². The summed E-state index contributed by atoms with van der Waals surface area (Å²) >= 11 is 6.00. The van der Waals surface area contributed by atoms with Gasteiger partial charge in [-0.25, -0.2) is 0 Å². The molecular weight excluding hydrogens is 416 g/mol. The van der Waals surface area contributed by atoms with Gasteiger partial charge in [0.25, 0.3) is 5.91 Å². The zero-order valence-electron chi connectivity index (χ0n) is 17.7. The van der Waals surface area contributed by atoms with Crippen molar-refractivity contribution < 1.29 is 4.79 Å². The van der Waals surface area contributed by atoms with Crippen molar-refractivity contribution in [3.05, 3.63) is 113 Å². The largest absolute Gasteiger partial charge is 0.328 e. The molecule has 3 atom stereocenters. The van der Waals surface area contributed by atoms with Crippen molar-refractivity contribution in [2.75, 3.05) is 5.32 Å². The third-order valence-electron chi connectivity index (χ3n) is 6.48. The topological polar surface area (TPSA) is 55.1 Å². The molecule has 160 valence electrons. The number of benzene rings is 4. The molecular formula is C28H25ClN2O. The summed E-state index contributed by atoms with van der Waals surface area (Å²) in [5.41, 5.74) is 10.3. The van der Waals surface area contributed by atoms with Gasteiger partial charge in [0.15, 0.2) is 0 Å². The Bertz CT molecular complexity index is 1270. The quantitative estimate of drug-likeness (QED) is 0.369. The number of carbonyl (C=O) groups excluding carboxylic acids is 1. The average Bonchev–Trinajstić information content (AvgIpc) is 3.21. The Balaban J connectivity index is 1.36. The van der Waals surface area contributed by atoms with Gasteiger partial charge >= 0.3 is 0 Å². The molecule has 1 aliphatic rings. The summed E-state index contributed by atoms with van der Waals surface area (Å²) < 4.78 is 0. The van der Waals surface area contributed by atoms with Crippen LogP contribution in [0, 0.1) is 0 Å². The number of rotatable bonds is 4. The minimum atomic E-state index is -0.169. The zero-order chi connectivity index (χ0) is 22.1. The van der Waals surface area contributed by atoms with E-state index in [1.54, 1.807) is 24.3 Å². The van der Waals surface area contributed by atoms with E-state index >= 15 is 0 Å². The fraction of sp³-hybridized carbons (Fsp3) is 0.179. The molecule has 0 aromatic heterocycles. The molecule has 3 nitrogen and oxygen atoms in total. The van der Waals surface area contributed by atoms with Gasteiger partial charge in [-0.3, -0.25) is 4.79 Å². The molecule has 1 fully saturated rings. The molecule has 0 aliphatic heterocycles. The number of carbonyl (C=O) groups is 1. The standard InChI is InChI=1S/C28H25ClN2O/c29-23-7-3-6-22(15-23)28(32)31-25-12-10-19(11-13-25)26-16-24(30)17-27(26)21-9-8-18-4-1-2-5-20(18)14-21/h1-15,24,26-27H,16-17,30H2,(H,31,32)/t24?,26-,27?/m0/s1. The minimum Gasteiger partial charge on any atom is -0.328 e. The van der Waals surface area contributed by atoms with Gasteiger partial charge < -0.3 is 11.1 Å². The Labute approximate surface area is 193 Å². The zero-order valence-corrected chi connectivity index (χ0v) is 18.4. The molecule has 0 bridgehead atoms. The number of nitrogens with two attached hydrogens (primary N) is 1. The number of fused-ring (bicyclic) bond motifs is 1. The number of nitrogens with one attached hydrogen (secondary N) is 1. The van der Waals surface area contributed by atoms with E-state index in [9.17, 15) is 4.79 Å². The second kappa shape index (κ2) is 8.78. The summed E-state index contributed by atoms with van der Waals surface area (Å²) in [5, 5.41) is 6.03. The van der Waals surface area contributed by atoms with Crippen LogP contribution in [0.15, 0.2) is 91.0 Å². The van der Waals surface area contributed by atoms with Gasteiger partial charge in [-0.15, -0.1) is 0 Å². The van der Waals surface area contributed by atoms with E-state index in [0.717, 1.165) is 18.5 Å². The Kier molecular flexibility index (Phi) is 5.69.